The maximum Gasteiger partial charge on any atom is 0.268 e. The average Bonchev–Trinajstić information content (AvgIpc) is 3.10. The number of furan rings is 1. The van der Waals surface area contributed by atoms with Crippen molar-refractivity contribution in [1.82, 2.24) is 14.5 Å². The Morgan fingerprint density at radius 2 is 1.96 bits per heavy atom. The molecule has 2 aromatic rings. The van der Waals surface area contributed by atoms with Gasteiger partial charge in [0.05, 0.1) is 11.3 Å². The molecule has 25 heavy (non-hydrogen) atoms. The third-order valence-electron chi connectivity index (χ3n) is 4.61. The minimum Gasteiger partial charge on any atom is -0.465 e. The van der Waals surface area contributed by atoms with E-state index in [4.69, 9.17) is 4.42 Å². The van der Waals surface area contributed by atoms with Crippen molar-refractivity contribution in [1.29, 1.82) is 0 Å². The van der Waals surface area contributed by atoms with Crippen molar-refractivity contribution in [2.45, 2.75) is 56.8 Å². The summed E-state index contributed by atoms with van der Waals surface area (Å²) in [7, 11) is -2.25. The zero-order valence-electron chi connectivity index (χ0n) is 14.7. The Bertz CT molecular complexity index is 889. The predicted octanol–water partition coefficient (Wildman–Crippen LogP) is 2.80. The Kier molecular flexibility index (Phi) is 4.73. The minimum atomic E-state index is -3.99. The molecule has 0 radical (unpaired) electrons. The molecule has 7 nitrogen and oxygen atoms in total. The SMILES string of the molecule is Cc1cc(S(=O)(=O)NC(=O)c2cn(C)nc2C2CCCCC2)c(C)o1. The molecule has 8 heteroatoms. The normalized spacial score (nSPS) is 16.1. The van der Waals surface area contributed by atoms with E-state index in [-0.39, 0.29) is 16.6 Å². The quantitative estimate of drug-likeness (QED) is 0.899. The van der Waals surface area contributed by atoms with Gasteiger partial charge in [-0.25, -0.2) is 13.1 Å². The maximum absolute atomic E-state index is 12.7. The standard InChI is InChI=1S/C17H23N3O4S/c1-11-9-15(12(2)24-11)25(22,23)19-17(21)14-10-20(3)18-16(14)13-7-5-4-6-8-13/h9-10,13H,4-8H2,1-3H3,(H,19,21). The van der Waals surface area contributed by atoms with Gasteiger partial charge in [0.1, 0.15) is 16.4 Å². The van der Waals surface area contributed by atoms with E-state index in [2.05, 4.69) is 9.82 Å². The number of aryl methyl sites for hydroxylation is 3. The Labute approximate surface area is 147 Å². The first kappa shape index (κ1) is 17.7. The van der Waals surface area contributed by atoms with E-state index in [1.807, 2.05) is 0 Å². The Morgan fingerprint density at radius 1 is 1.28 bits per heavy atom. The van der Waals surface area contributed by atoms with Crippen molar-refractivity contribution in [3.05, 3.63) is 35.0 Å². The number of hydrogen-bond donors (Lipinski definition) is 1. The third kappa shape index (κ3) is 3.63. The first-order chi connectivity index (χ1) is 11.8. The van der Waals surface area contributed by atoms with Crippen LogP contribution in [-0.2, 0) is 17.1 Å². The first-order valence-electron chi connectivity index (χ1n) is 8.45. The van der Waals surface area contributed by atoms with E-state index >= 15 is 0 Å². The van der Waals surface area contributed by atoms with E-state index in [0.717, 1.165) is 25.7 Å². The summed E-state index contributed by atoms with van der Waals surface area (Å²) in [5.41, 5.74) is 1.02. The molecule has 0 spiro atoms. The Hall–Kier alpha value is -2.09. The van der Waals surface area contributed by atoms with Gasteiger partial charge in [-0.1, -0.05) is 19.3 Å². The summed E-state index contributed by atoms with van der Waals surface area (Å²) < 4.78 is 34.0. The van der Waals surface area contributed by atoms with Gasteiger partial charge in [0, 0.05) is 25.2 Å². The molecule has 0 saturated heterocycles. The molecular weight excluding hydrogens is 342 g/mol. The smallest absolute Gasteiger partial charge is 0.268 e. The Balaban J connectivity index is 1.87. The molecule has 1 aliphatic carbocycles. The second-order valence-electron chi connectivity index (χ2n) is 6.65. The summed E-state index contributed by atoms with van der Waals surface area (Å²) in [6, 6.07) is 1.41. The van der Waals surface area contributed by atoms with E-state index in [1.165, 1.54) is 12.5 Å². The summed E-state index contributed by atoms with van der Waals surface area (Å²) in [6.45, 7) is 3.22. The van der Waals surface area contributed by atoms with Crippen LogP contribution in [0.25, 0.3) is 0 Å². The number of sulfonamides is 1. The number of rotatable bonds is 4. The first-order valence-corrected chi connectivity index (χ1v) is 9.94. The largest absolute Gasteiger partial charge is 0.465 e. The van der Waals surface area contributed by atoms with Crippen molar-refractivity contribution < 1.29 is 17.6 Å². The van der Waals surface area contributed by atoms with Crippen LogP contribution in [0.2, 0.25) is 0 Å². The second kappa shape index (κ2) is 6.67. The fraction of sp³-hybridized carbons (Fsp3) is 0.529. The summed E-state index contributed by atoms with van der Waals surface area (Å²) in [5, 5.41) is 4.42. The Morgan fingerprint density at radius 3 is 2.56 bits per heavy atom. The monoisotopic (exact) mass is 365 g/mol. The van der Waals surface area contributed by atoms with Crippen LogP contribution in [0, 0.1) is 13.8 Å². The maximum atomic E-state index is 12.7. The van der Waals surface area contributed by atoms with Gasteiger partial charge in [-0.3, -0.25) is 9.48 Å². The van der Waals surface area contributed by atoms with Gasteiger partial charge in [-0.05, 0) is 26.7 Å². The van der Waals surface area contributed by atoms with Gasteiger partial charge in [0.15, 0.2) is 0 Å². The number of carbonyl (C=O) groups excluding carboxylic acids is 1. The van der Waals surface area contributed by atoms with E-state index in [9.17, 15) is 13.2 Å². The number of nitrogens with zero attached hydrogens (tertiary/aromatic N) is 2. The molecular formula is C17H23N3O4S. The van der Waals surface area contributed by atoms with Crippen molar-refractivity contribution in [3.63, 3.8) is 0 Å². The highest BCUT2D eigenvalue weighted by molar-refractivity contribution is 7.90. The lowest BCUT2D eigenvalue weighted by Gasteiger charge is -2.20. The van der Waals surface area contributed by atoms with Crippen LogP contribution in [0.4, 0.5) is 0 Å². The highest BCUT2D eigenvalue weighted by Crippen LogP contribution is 2.33. The number of nitrogens with one attached hydrogen (secondary N) is 1. The lowest BCUT2D eigenvalue weighted by molar-refractivity contribution is 0.0979. The minimum absolute atomic E-state index is 0.0125. The molecule has 0 unspecified atom stereocenters. The number of amides is 1. The lowest BCUT2D eigenvalue weighted by Crippen LogP contribution is -2.31. The highest BCUT2D eigenvalue weighted by atomic mass is 32.2. The van der Waals surface area contributed by atoms with Crippen molar-refractivity contribution in [3.8, 4) is 0 Å². The van der Waals surface area contributed by atoms with Crippen LogP contribution in [0.15, 0.2) is 21.6 Å². The van der Waals surface area contributed by atoms with Gasteiger partial charge in [-0.15, -0.1) is 0 Å². The van der Waals surface area contributed by atoms with Gasteiger partial charge in [0.2, 0.25) is 0 Å². The zero-order chi connectivity index (χ0) is 18.2. The van der Waals surface area contributed by atoms with Crippen LogP contribution in [0.1, 0.15) is 65.6 Å². The molecule has 0 bridgehead atoms. The fourth-order valence-electron chi connectivity index (χ4n) is 3.46. The summed E-state index contributed by atoms with van der Waals surface area (Å²) in [6.07, 6.45) is 6.94. The molecule has 2 aromatic heterocycles. The number of carbonyl (C=O) groups is 1. The van der Waals surface area contributed by atoms with Gasteiger partial charge in [0.25, 0.3) is 15.9 Å². The molecule has 0 aliphatic heterocycles. The van der Waals surface area contributed by atoms with Crippen molar-refractivity contribution in [2.24, 2.45) is 7.05 Å². The molecule has 1 aliphatic rings. The van der Waals surface area contributed by atoms with Crippen molar-refractivity contribution in [2.75, 3.05) is 0 Å². The predicted molar refractivity (Wildman–Crippen MR) is 91.9 cm³/mol. The van der Waals surface area contributed by atoms with Crippen molar-refractivity contribution >= 4 is 15.9 Å². The molecule has 1 fully saturated rings. The van der Waals surface area contributed by atoms with Crippen LogP contribution < -0.4 is 4.72 Å². The van der Waals surface area contributed by atoms with Crippen LogP contribution in [0.5, 0.6) is 0 Å². The molecule has 1 amide bonds. The van der Waals surface area contributed by atoms with Gasteiger partial charge in [-0.2, -0.15) is 5.10 Å². The van der Waals surface area contributed by atoms with Crippen LogP contribution >= 0.6 is 0 Å². The summed E-state index contributed by atoms with van der Waals surface area (Å²) in [4.78, 5) is 12.6. The molecule has 2 heterocycles. The average molecular weight is 365 g/mol. The molecule has 0 aromatic carbocycles. The lowest BCUT2D eigenvalue weighted by atomic mass is 9.85. The molecule has 3 rings (SSSR count). The molecule has 136 valence electrons. The van der Waals surface area contributed by atoms with E-state index in [1.54, 1.807) is 31.8 Å². The molecule has 1 saturated carbocycles. The number of aromatic nitrogens is 2. The molecule has 0 atom stereocenters. The summed E-state index contributed by atoms with van der Waals surface area (Å²) >= 11 is 0. The number of hydrogen-bond acceptors (Lipinski definition) is 5. The van der Waals surface area contributed by atoms with E-state index < -0.39 is 15.9 Å². The highest BCUT2D eigenvalue weighted by Gasteiger charge is 2.29. The second-order valence-corrected chi connectivity index (χ2v) is 8.30. The van der Waals surface area contributed by atoms with Crippen LogP contribution in [-0.4, -0.2) is 24.1 Å². The van der Waals surface area contributed by atoms with Crippen LogP contribution in [0.3, 0.4) is 0 Å². The van der Waals surface area contributed by atoms with E-state index in [0.29, 0.717) is 17.0 Å². The fourth-order valence-corrected chi connectivity index (χ4v) is 4.67. The molecule has 1 N–H and O–H groups in total. The third-order valence-corrected chi connectivity index (χ3v) is 6.04. The summed E-state index contributed by atoms with van der Waals surface area (Å²) in [5.74, 6) is 0.300. The van der Waals surface area contributed by atoms with Gasteiger partial charge < -0.3 is 4.42 Å². The zero-order valence-corrected chi connectivity index (χ0v) is 15.5. The topological polar surface area (TPSA) is 94.2 Å². The van der Waals surface area contributed by atoms with Gasteiger partial charge >= 0.3 is 0 Å².